The maximum absolute atomic E-state index is 5.38. The van der Waals surface area contributed by atoms with E-state index in [-0.39, 0.29) is 0 Å². The molecule has 0 nitrogen and oxygen atoms in total. The van der Waals surface area contributed by atoms with E-state index in [4.69, 9.17) is 11.6 Å². The van der Waals surface area contributed by atoms with Gasteiger partial charge in [0.15, 0.2) is 0 Å². The Bertz CT molecular complexity index is 105. The van der Waals surface area contributed by atoms with Crippen LogP contribution in [0.5, 0.6) is 0 Å². The predicted molar refractivity (Wildman–Crippen MR) is 43.3 cm³/mol. The zero-order chi connectivity index (χ0) is 6.41. The second-order valence-electron chi connectivity index (χ2n) is 1.35. The van der Waals surface area contributed by atoms with Crippen molar-refractivity contribution >= 4 is 20.8 Å². The molecule has 0 heterocycles. The van der Waals surface area contributed by atoms with Crippen LogP contribution in [-0.4, -0.2) is 5.88 Å². The van der Waals surface area contributed by atoms with Crippen LogP contribution >= 0.6 is 20.8 Å². The first-order valence-corrected chi connectivity index (χ1v) is 3.56. The Morgan fingerprint density at radius 1 is 1.75 bits per heavy atom. The summed E-state index contributed by atoms with van der Waals surface area (Å²) in [6.45, 7) is 1.99. The highest BCUT2D eigenvalue weighted by Crippen LogP contribution is 2.05. The number of halogens is 1. The molecule has 8 heavy (non-hydrogen) atoms. The molecule has 0 saturated carbocycles. The summed E-state index contributed by atoms with van der Waals surface area (Å²) in [7, 11) is 2.60. The standard InChI is InChI=1S/C6H10ClP/c1-2-6(8)4-3-5-7/h2-4H,5,8H2,1H3/b4-3-,6-2+. The molecular formula is C6H10ClP. The Labute approximate surface area is 57.8 Å². The monoisotopic (exact) mass is 148 g/mol. The molecule has 0 aliphatic heterocycles. The summed E-state index contributed by atoms with van der Waals surface area (Å²) in [6.07, 6.45) is 5.88. The number of hydrogen-bond acceptors (Lipinski definition) is 0. The van der Waals surface area contributed by atoms with Crippen molar-refractivity contribution in [2.24, 2.45) is 0 Å². The first-order valence-electron chi connectivity index (χ1n) is 2.45. The second kappa shape index (κ2) is 5.34. The van der Waals surface area contributed by atoms with Crippen molar-refractivity contribution in [3.05, 3.63) is 23.5 Å². The molecule has 1 atom stereocenters. The van der Waals surface area contributed by atoms with Gasteiger partial charge in [0.1, 0.15) is 0 Å². The van der Waals surface area contributed by atoms with E-state index in [1.165, 1.54) is 5.31 Å². The molecule has 0 aromatic rings. The first-order chi connectivity index (χ1) is 3.81. The molecule has 0 rings (SSSR count). The summed E-state index contributed by atoms with van der Waals surface area (Å²) in [5.74, 6) is 0.589. The Morgan fingerprint density at radius 3 is 2.75 bits per heavy atom. The van der Waals surface area contributed by atoms with Gasteiger partial charge in [0.2, 0.25) is 0 Å². The molecule has 0 aromatic heterocycles. The van der Waals surface area contributed by atoms with Gasteiger partial charge < -0.3 is 0 Å². The van der Waals surface area contributed by atoms with Crippen LogP contribution in [0.1, 0.15) is 6.92 Å². The van der Waals surface area contributed by atoms with Crippen LogP contribution in [0.4, 0.5) is 0 Å². The van der Waals surface area contributed by atoms with Crippen molar-refractivity contribution in [3.63, 3.8) is 0 Å². The van der Waals surface area contributed by atoms with Gasteiger partial charge in [-0.2, -0.15) is 0 Å². The lowest BCUT2D eigenvalue weighted by Crippen LogP contribution is -1.60. The van der Waals surface area contributed by atoms with Gasteiger partial charge in [0, 0.05) is 5.88 Å². The van der Waals surface area contributed by atoms with Crippen molar-refractivity contribution in [1.29, 1.82) is 0 Å². The quantitative estimate of drug-likeness (QED) is 0.321. The largest absolute Gasteiger partial charge is 0.122 e. The molecule has 0 aliphatic rings. The Balaban J connectivity index is 3.53. The summed E-state index contributed by atoms with van der Waals surface area (Å²) in [5, 5.41) is 1.17. The lowest BCUT2D eigenvalue weighted by Gasteiger charge is -1.83. The molecule has 0 radical (unpaired) electrons. The number of rotatable bonds is 2. The van der Waals surface area contributed by atoms with Crippen molar-refractivity contribution < 1.29 is 0 Å². The summed E-state index contributed by atoms with van der Waals surface area (Å²) in [6, 6.07) is 0. The third kappa shape index (κ3) is 4.36. The fourth-order valence-electron chi connectivity index (χ4n) is 0.277. The molecule has 0 bridgehead atoms. The molecule has 0 spiro atoms. The molecule has 2 heteroatoms. The van der Waals surface area contributed by atoms with Gasteiger partial charge in [0.25, 0.3) is 0 Å². The van der Waals surface area contributed by atoms with Crippen LogP contribution in [0.15, 0.2) is 23.5 Å². The molecule has 0 N–H and O–H groups in total. The second-order valence-corrected chi connectivity index (χ2v) is 2.32. The zero-order valence-electron chi connectivity index (χ0n) is 4.89. The fraction of sp³-hybridized carbons (Fsp3) is 0.333. The van der Waals surface area contributed by atoms with Crippen LogP contribution in [0.25, 0.3) is 0 Å². The highest BCUT2D eigenvalue weighted by atomic mass is 35.5. The highest BCUT2D eigenvalue weighted by molar-refractivity contribution is 7.22. The van der Waals surface area contributed by atoms with Crippen LogP contribution in [0.3, 0.4) is 0 Å². The van der Waals surface area contributed by atoms with E-state index in [0.717, 1.165) is 0 Å². The van der Waals surface area contributed by atoms with E-state index in [9.17, 15) is 0 Å². The van der Waals surface area contributed by atoms with E-state index >= 15 is 0 Å². The molecule has 0 aromatic carbocycles. The van der Waals surface area contributed by atoms with Gasteiger partial charge in [-0.1, -0.05) is 18.2 Å². The van der Waals surface area contributed by atoms with E-state index in [0.29, 0.717) is 5.88 Å². The Kier molecular flexibility index (Phi) is 5.47. The average molecular weight is 149 g/mol. The Hall–Kier alpha value is 0.200. The molecule has 0 amide bonds. The minimum absolute atomic E-state index is 0.589. The lowest BCUT2D eigenvalue weighted by molar-refractivity contribution is 1.66. The van der Waals surface area contributed by atoms with Crippen LogP contribution in [0.2, 0.25) is 0 Å². The molecule has 0 fully saturated rings. The van der Waals surface area contributed by atoms with E-state index in [1.807, 2.05) is 25.2 Å². The highest BCUT2D eigenvalue weighted by Gasteiger charge is 1.73. The smallest absolute Gasteiger partial charge is 0.0407 e. The van der Waals surface area contributed by atoms with Gasteiger partial charge >= 0.3 is 0 Å². The van der Waals surface area contributed by atoms with Gasteiger partial charge in [-0.05, 0) is 12.2 Å². The van der Waals surface area contributed by atoms with Crippen LogP contribution in [0, 0.1) is 0 Å². The molecule has 1 unspecified atom stereocenters. The minimum atomic E-state index is 0.589. The molecule has 46 valence electrons. The van der Waals surface area contributed by atoms with Crippen LogP contribution < -0.4 is 0 Å². The molecule has 0 aliphatic carbocycles. The van der Waals surface area contributed by atoms with Crippen molar-refractivity contribution in [2.75, 3.05) is 5.88 Å². The topological polar surface area (TPSA) is 0 Å². The summed E-state index contributed by atoms with van der Waals surface area (Å²) in [4.78, 5) is 0. The summed E-state index contributed by atoms with van der Waals surface area (Å²) < 4.78 is 0. The average Bonchev–Trinajstić information content (AvgIpc) is 1.83. The van der Waals surface area contributed by atoms with E-state index in [2.05, 4.69) is 9.24 Å². The number of alkyl halides is 1. The maximum atomic E-state index is 5.38. The maximum Gasteiger partial charge on any atom is 0.0407 e. The van der Waals surface area contributed by atoms with Gasteiger partial charge in [-0.15, -0.1) is 20.8 Å². The minimum Gasteiger partial charge on any atom is -0.122 e. The number of allylic oxidation sites excluding steroid dienone is 4. The fourth-order valence-corrected chi connectivity index (χ4v) is 0.502. The zero-order valence-corrected chi connectivity index (χ0v) is 6.81. The molecular weight excluding hydrogens is 138 g/mol. The molecule has 0 saturated heterocycles. The van der Waals surface area contributed by atoms with Crippen molar-refractivity contribution in [2.45, 2.75) is 6.92 Å². The van der Waals surface area contributed by atoms with Crippen LogP contribution in [-0.2, 0) is 0 Å². The lowest BCUT2D eigenvalue weighted by atomic mass is 10.4. The van der Waals surface area contributed by atoms with E-state index in [1.54, 1.807) is 0 Å². The summed E-state index contributed by atoms with van der Waals surface area (Å²) >= 11 is 5.38. The van der Waals surface area contributed by atoms with Gasteiger partial charge in [0.05, 0.1) is 0 Å². The number of hydrogen-bond donors (Lipinski definition) is 0. The van der Waals surface area contributed by atoms with Crippen molar-refractivity contribution in [3.8, 4) is 0 Å². The van der Waals surface area contributed by atoms with Gasteiger partial charge in [-0.25, -0.2) is 0 Å². The SMILES string of the molecule is C/C=C(P)\C=C/CCl. The van der Waals surface area contributed by atoms with E-state index < -0.39 is 0 Å². The predicted octanol–water partition coefficient (Wildman–Crippen LogP) is 2.56. The third-order valence-corrected chi connectivity index (χ3v) is 1.44. The van der Waals surface area contributed by atoms with Gasteiger partial charge in [-0.3, -0.25) is 0 Å². The normalized spacial score (nSPS) is 13.1. The summed E-state index contributed by atoms with van der Waals surface area (Å²) in [5.41, 5.74) is 0. The third-order valence-electron chi connectivity index (χ3n) is 0.733. The first kappa shape index (κ1) is 8.20. The Morgan fingerprint density at radius 2 is 2.38 bits per heavy atom. The van der Waals surface area contributed by atoms with Crippen molar-refractivity contribution in [1.82, 2.24) is 0 Å².